The normalized spacial score (nSPS) is 10.9. The predicted octanol–water partition coefficient (Wildman–Crippen LogP) is 3.47. The van der Waals surface area contributed by atoms with Gasteiger partial charge in [-0.05, 0) is 30.9 Å². The average Bonchev–Trinajstić information content (AvgIpc) is 2.35. The van der Waals surface area contributed by atoms with Crippen LogP contribution in [0.4, 0.5) is 0 Å². The minimum atomic E-state index is 0.615. The molecule has 0 spiro atoms. The molecule has 0 aliphatic carbocycles. The number of aromatic nitrogens is 1. The maximum absolute atomic E-state index is 6.17. The van der Waals surface area contributed by atoms with Gasteiger partial charge in [0.1, 0.15) is 5.15 Å². The highest BCUT2D eigenvalue weighted by Crippen LogP contribution is 2.24. The van der Waals surface area contributed by atoms with Crippen molar-refractivity contribution in [1.82, 2.24) is 4.98 Å². The highest BCUT2D eigenvalue weighted by Gasteiger charge is 2.04. The molecular formula is C13H15ClN2S. The Labute approximate surface area is 111 Å². The van der Waals surface area contributed by atoms with Gasteiger partial charge in [0.15, 0.2) is 0 Å². The molecule has 0 saturated heterocycles. The molecule has 0 saturated carbocycles. The molecule has 0 aliphatic heterocycles. The molecule has 4 heteroatoms. The van der Waals surface area contributed by atoms with Crippen molar-refractivity contribution >= 4 is 34.3 Å². The van der Waals surface area contributed by atoms with E-state index in [0.29, 0.717) is 5.15 Å². The van der Waals surface area contributed by atoms with Crippen molar-refractivity contribution in [3.63, 3.8) is 0 Å². The van der Waals surface area contributed by atoms with Crippen LogP contribution in [0, 0.1) is 0 Å². The zero-order chi connectivity index (χ0) is 12.1. The van der Waals surface area contributed by atoms with Gasteiger partial charge in [-0.1, -0.05) is 29.8 Å². The van der Waals surface area contributed by atoms with Gasteiger partial charge in [-0.3, -0.25) is 0 Å². The van der Waals surface area contributed by atoms with Gasteiger partial charge in [-0.25, -0.2) is 4.98 Å². The lowest BCUT2D eigenvalue weighted by Crippen LogP contribution is -1.99. The Hall–Kier alpha value is -0.770. The van der Waals surface area contributed by atoms with Crippen LogP contribution in [0.25, 0.3) is 10.9 Å². The predicted molar refractivity (Wildman–Crippen MR) is 76.6 cm³/mol. The minimum absolute atomic E-state index is 0.615. The second-order valence-electron chi connectivity index (χ2n) is 3.83. The molecule has 0 bridgehead atoms. The van der Waals surface area contributed by atoms with E-state index in [2.05, 4.69) is 17.1 Å². The zero-order valence-electron chi connectivity index (χ0n) is 9.53. The third-order valence-corrected chi connectivity index (χ3v) is 3.92. The summed E-state index contributed by atoms with van der Waals surface area (Å²) in [5.41, 5.74) is 7.52. The first-order chi connectivity index (χ1) is 8.31. The lowest BCUT2D eigenvalue weighted by molar-refractivity contribution is 0.943. The van der Waals surface area contributed by atoms with E-state index in [-0.39, 0.29) is 0 Å². The Morgan fingerprint density at radius 2 is 2.12 bits per heavy atom. The number of pyridine rings is 1. The van der Waals surface area contributed by atoms with Crippen molar-refractivity contribution in [3.05, 3.63) is 41.0 Å². The van der Waals surface area contributed by atoms with Crippen LogP contribution in [0.2, 0.25) is 5.15 Å². The van der Waals surface area contributed by atoms with E-state index in [1.807, 2.05) is 30.0 Å². The van der Waals surface area contributed by atoms with Gasteiger partial charge >= 0.3 is 0 Å². The summed E-state index contributed by atoms with van der Waals surface area (Å²) < 4.78 is 0. The van der Waals surface area contributed by atoms with Gasteiger partial charge in [0.2, 0.25) is 0 Å². The molecular weight excluding hydrogens is 252 g/mol. The molecule has 0 fully saturated rings. The Morgan fingerprint density at radius 3 is 2.94 bits per heavy atom. The number of halogens is 1. The number of rotatable bonds is 5. The standard InChI is InChI=1S/C13H15ClN2S/c14-13-11(9-17-7-3-6-15)8-10-4-1-2-5-12(10)16-13/h1-2,4-5,8H,3,6-7,9,15H2. The number of hydrogen-bond donors (Lipinski definition) is 1. The fraction of sp³-hybridized carbons (Fsp3) is 0.308. The number of nitrogens with two attached hydrogens (primary N) is 1. The monoisotopic (exact) mass is 266 g/mol. The lowest BCUT2D eigenvalue weighted by Gasteiger charge is -2.05. The number of nitrogens with zero attached hydrogens (tertiary/aromatic N) is 1. The summed E-state index contributed by atoms with van der Waals surface area (Å²) in [4.78, 5) is 4.40. The fourth-order valence-electron chi connectivity index (χ4n) is 1.60. The lowest BCUT2D eigenvalue weighted by atomic mass is 10.2. The molecule has 2 nitrogen and oxygen atoms in total. The van der Waals surface area contributed by atoms with Crippen LogP contribution in [0.3, 0.4) is 0 Å². The van der Waals surface area contributed by atoms with E-state index in [4.69, 9.17) is 17.3 Å². The van der Waals surface area contributed by atoms with Gasteiger partial charge < -0.3 is 5.73 Å². The van der Waals surface area contributed by atoms with Crippen LogP contribution in [0.5, 0.6) is 0 Å². The van der Waals surface area contributed by atoms with Crippen molar-refractivity contribution in [3.8, 4) is 0 Å². The van der Waals surface area contributed by atoms with Crippen LogP contribution in [-0.2, 0) is 5.75 Å². The molecule has 0 radical (unpaired) electrons. The molecule has 2 N–H and O–H groups in total. The quantitative estimate of drug-likeness (QED) is 0.665. The van der Waals surface area contributed by atoms with Gasteiger partial charge in [0, 0.05) is 16.7 Å². The maximum atomic E-state index is 6.17. The summed E-state index contributed by atoms with van der Waals surface area (Å²) in [6.07, 6.45) is 1.04. The Bertz CT molecular complexity index is 502. The van der Waals surface area contributed by atoms with Crippen molar-refractivity contribution in [1.29, 1.82) is 0 Å². The van der Waals surface area contributed by atoms with E-state index in [1.54, 1.807) is 0 Å². The molecule has 17 heavy (non-hydrogen) atoms. The van der Waals surface area contributed by atoms with Crippen LogP contribution < -0.4 is 5.73 Å². The summed E-state index contributed by atoms with van der Waals surface area (Å²) in [5.74, 6) is 1.97. The average molecular weight is 267 g/mol. The van der Waals surface area contributed by atoms with Crippen molar-refractivity contribution in [2.24, 2.45) is 5.73 Å². The number of benzene rings is 1. The fourth-order valence-corrected chi connectivity index (χ4v) is 2.85. The van der Waals surface area contributed by atoms with Gasteiger partial charge in [0.25, 0.3) is 0 Å². The molecule has 1 aromatic heterocycles. The smallest absolute Gasteiger partial charge is 0.133 e. The van der Waals surface area contributed by atoms with Crippen molar-refractivity contribution < 1.29 is 0 Å². The second-order valence-corrected chi connectivity index (χ2v) is 5.29. The van der Waals surface area contributed by atoms with E-state index < -0.39 is 0 Å². The number of thioether (sulfide) groups is 1. The maximum Gasteiger partial charge on any atom is 0.133 e. The zero-order valence-corrected chi connectivity index (χ0v) is 11.1. The number of hydrogen-bond acceptors (Lipinski definition) is 3. The SMILES string of the molecule is NCCCSCc1cc2ccccc2nc1Cl. The molecule has 0 unspecified atom stereocenters. The van der Waals surface area contributed by atoms with Crippen LogP contribution >= 0.6 is 23.4 Å². The number of para-hydroxylation sites is 1. The largest absolute Gasteiger partial charge is 0.330 e. The van der Waals surface area contributed by atoms with E-state index in [0.717, 1.165) is 40.9 Å². The topological polar surface area (TPSA) is 38.9 Å². The van der Waals surface area contributed by atoms with Gasteiger partial charge in [-0.2, -0.15) is 11.8 Å². The summed E-state index contributed by atoms with van der Waals surface area (Å²) in [6.45, 7) is 0.747. The Balaban J connectivity index is 2.14. The first-order valence-corrected chi connectivity index (χ1v) is 7.16. The summed E-state index contributed by atoms with van der Waals surface area (Å²) >= 11 is 8.02. The second kappa shape index (κ2) is 6.24. The first kappa shape index (κ1) is 12.7. The molecule has 2 aromatic rings. The molecule has 0 aliphatic rings. The van der Waals surface area contributed by atoms with Gasteiger partial charge in [-0.15, -0.1) is 0 Å². The first-order valence-electron chi connectivity index (χ1n) is 5.63. The molecule has 2 rings (SSSR count). The van der Waals surface area contributed by atoms with Gasteiger partial charge in [0.05, 0.1) is 5.52 Å². The molecule has 0 amide bonds. The highest BCUT2D eigenvalue weighted by molar-refractivity contribution is 7.98. The van der Waals surface area contributed by atoms with E-state index >= 15 is 0 Å². The highest BCUT2D eigenvalue weighted by atomic mass is 35.5. The van der Waals surface area contributed by atoms with E-state index in [9.17, 15) is 0 Å². The minimum Gasteiger partial charge on any atom is -0.330 e. The van der Waals surface area contributed by atoms with Crippen LogP contribution in [0.1, 0.15) is 12.0 Å². The number of fused-ring (bicyclic) bond motifs is 1. The molecule has 1 heterocycles. The summed E-state index contributed by atoms with van der Waals surface area (Å²) in [7, 11) is 0. The van der Waals surface area contributed by atoms with Crippen molar-refractivity contribution in [2.75, 3.05) is 12.3 Å². The Kier molecular flexibility index (Phi) is 4.66. The summed E-state index contributed by atoms with van der Waals surface area (Å²) in [6, 6.07) is 10.2. The summed E-state index contributed by atoms with van der Waals surface area (Å²) in [5, 5.41) is 1.76. The molecule has 0 atom stereocenters. The third kappa shape index (κ3) is 3.35. The molecule has 1 aromatic carbocycles. The van der Waals surface area contributed by atoms with E-state index in [1.165, 1.54) is 0 Å². The van der Waals surface area contributed by atoms with Crippen LogP contribution in [0.15, 0.2) is 30.3 Å². The Morgan fingerprint density at radius 1 is 1.29 bits per heavy atom. The van der Waals surface area contributed by atoms with Crippen molar-refractivity contribution in [2.45, 2.75) is 12.2 Å². The third-order valence-electron chi connectivity index (χ3n) is 2.50. The molecule has 90 valence electrons. The van der Waals surface area contributed by atoms with Crippen LogP contribution in [-0.4, -0.2) is 17.3 Å².